The number of hydrogen-bond donors (Lipinski definition) is 2. The van der Waals surface area contributed by atoms with Crippen LogP contribution in [-0.2, 0) is 0 Å². The quantitative estimate of drug-likeness (QED) is 0.826. The third-order valence-electron chi connectivity index (χ3n) is 2.59. The number of benzene rings is 1. The van der Waals surface area contributed by atoms with E-state index >= 15 is 0 Å². The average Bonchev–Trinajstić information content (AvgIpc) is 2.35. The first-order chi connectivity index (χ1) is 8.04. The molecule has 96 valence electrons. The zero-order chi connectivity index (χ0) is 13.0. The smallest absolute Gasteiger partial charge is 0.128 e. The maximum Gasteiger partial charge on any atom is 0.128 e. The van der Waals surface area contributed by atoms with Gasteiger partial charge >= 0.3 is 0 Å². The number of alkyl halides is 1. The van der Waals surface area contributed by atoms with E-state index in [1.165, 1.54) is 27.2 Å². The van der Waals surface area contributed by atoms with Gasteiger partial charge in [0.05, 0.1) is 20.3 Å². The van der Waals surface area contributed by atoms with Crippen LogP contribution in [-0.4, -0.2) is 25.9 Å². The molecule has 2 atom stereocenters. The standard InChI is InChI=1S/C12H18FNO3/c1-7(13)8-4-9(10(15)6-14)12(17-3)5-11(8)16-2/h4-5,7,10,15H,6,14H2,1-3H3. The summed E-state index contributed by atoms with van der Waals surface area (Å²) < 4.78 is 23.6. The molecular formula is C12H18FNO3. The molecular weight excluding hydrogens is 225 g/mol. The highest BCUT2D eigenvalue weighted by molar-refractivity contribution is 5.48. The highest BCUT2D eigenvalue weighted by atomic mass is 19.1. The SMILES string of the molecule is COc1cc(OC)c(C(O)CN)cc1C(C)F. The van der Waals surface area contributed by atoms with Crippen LogP contribution in [0, 0.1) is 0 Å². The van der Waals surface area contributed by atoms with Gasteiger partial charge in [-0.15, -0.1) is 0 Å². The number of nitrogens with two attached hydrogens (primary N) is 1. The van der Waals surface area contributed by atoms with E-state index in [4.69, 9.17) is 15.2 Å². The Bertz CT molecular complexity index is 382. The molecule has 0 aliphatic carbocycles. The van der Waals surface area contributed by atoms with E-state index in [0.29, 0.717) is 22.6 Å². The van der Waals surface area contributed by atoms with Crippen LogP contribution in [0.25, 0.3) is 0 Å². The molecule has 3 N–H and O–H groups in total. The number of methoxy groups -OCH3 is 2. The molecule has 0 amide bonds. The molecule has 1 aromatic carbocycles. The summed E-state index contributed by atoms with van der Waals surface area (Å²) >= 11 is 0. The number of halogens is 1. The second-order valence-electron chi connectivity index (χ2n) is 3.70. The van der Waals surface area contributed by atoms with Crippen molar-refractivity contribution in [3.8, 4) is 11.5 Å². The van der Waals surface area contributed by atoms with Gasteiger partial charge < -0.3 is 20.3 Å². The molecule has 0 aliphatic rings. The van der Waals surface area contributed by atoms with Crippen molar-refractivity contribution >= 4 is 0 Å². The van der Waals surface area contributed by atoms with Gasteiger partial charge in [0.25, 0.3) is 0 Å². The van der Waals surface area contributed by atoms with Gasteiger partial charge in [-0.25, -0.2) is 4.39 Å². The van der Waals surface area contributed by atoms with Crippen molar-refractivity contribution in [2.24, 2.45) is 5.73 Å². The molecule has 0 radical (unpaired) electrons. The molecule has 0 saturated heterocycles. The molecule has 0 spiro atoms. The minimum atomic E-state index is -1.19. The predicted molar refractivity (Wildman–Crippen MR) is 63.1 cm³/mol. The minimum absolute atomic E-state index is 0.0444. The van der Waals surface area contributed by atoms with Gasteiger partial charge in [0.1, 0.15) is 17.7 Å². The third-order valence-corrected chi connectivity index (χ3v) is 2.59. The first kappa shape index (κ1) is 13.7. The molecule has 0 saturated carbocycles. The van der Waals surface area contributed by atoms with Gasteiger partial charge in [-0.05, 0) is 13.0 Å². The van der Waals surface area contributed by atoms with E-state index in [9.17, 15) is 9.50 Å². The lowest BCUT2D eigenvalue weighted by molar-refractivity contribution is 0.181. The van der Waals surface area contributed by atoms with E-state index in [1.54, 1.807) is 6.07 Å². The molecule has 0 fully saturated rings. The summed E-state index contributed by atoms with van der Waals surface area (Å²) in [5.74, 6) is 0.828. The van der Waals surface area contributed by atoms with Crippen molar-refractivity contribution in [1.29, 1.82) is 0 Å². The number of aliphatic hydroxyl groups is 1. The van der Waals surface area contributed by atoms with Crippen LogP contribution in [0.4, 0.5) is 4.39 Å². The highest BCUT2D eigenvalue weighted by Crippen LogP contribution is 2.36. The van der Waals surface area contributed by atoms with Gasteiger partial charge in [0.15, 0.2) is 0 Å². The Morgan fingerprint density at radius 3 is 2.18 bits per heavy atom. The summed E-state index contributed by atoms with van der Waals surface area (Å²) in [4.78, 5) is 0. The second-order valence-corrected chi connectivity index (χ2v) is 3.70. The van der Waals surface area contributed by atoms with Gasteiger partial charge in [0, 0.05) is 23.7 Å². The first-order valence-electron chi connectivity index (χ1n) is 5.33. The lowest BCUT2D eigenvalue weighted by atomic mass is 10.0. The van der Waals surface area contributed by atoms with Crippen molar-refractivity contribution in [3.63, 3.8) is 0 Å². The maximum atomic E-state index is 13.4. The molecule has 17 heavy (non-hydrogen) atoms. The number of aliphatic hydroxyl groups excluding tert-OH is 1. The van der Waals surface area contributed by atoms with Crippen molar-refractivity contribution in [2.45, 2.75) is 19.2 Å². The molecule has 0 heterocycles. The van der Waals surface area contributed by atoms with Crippen LogP contribution >= 0.6 is 0 Å². The fourth-order valence-corrected chi connectivity index (χ4v) is 1.65. The summed E-state index contributed by atoms with van der Waals surface area (Å²) in [7, 11) is 2.93. The highest BCUT2D eigenvalue weighted by Gasteiger charge is 2.19. The molecule has 5 heteroatoms. The van der Waals surface area contributed by atoms with E-state index in [0.717, 1.165) is 0 Å². The van der Waals surface area contributed by atoms with Crippen LogP contribution in [0.5, 0.6) is 11.5 Å². The summed E-state index contributed by atoms with van der Waals surface area (Å²) in [5.41, 5.74) is 6.23. The number of ether oxygens (including phenoxy) is 2. The molecule has 0 aromatic heterocycles. The van der Waals surface area contributed by atoms with Crippen LogP contribution in [0.3, 0.4) is 0 Å². The number of hydrogen-bond acceptors (Lipinski definition) is 4. The Morgan fingerprint density at radius 1 is 1.24 bits per heavy atom. The van der Waals surface area contributed by atoms with Crippen molar-refractivity contribution < 1.29 is 19.0 Å². The van der Waals surface area contributed by atoms with Crippen LogP contribution < -0.4 is 15.2 Å². The molecule has 2 unspecified atom stereocenters. The lowest BCUT2D eigenvalue weighted by Gasteiger charge is -2.18. The summed E-state index contributed by atoms with van der Waals surface area (Å²) in [5, 5.41) is 9.74. The molecule has 4 nitrogen and oxygen atoms in total. The van der Waals surface area contributed by atoms with E-state index in [1.807, 2.05) is 0 Å². The van der Waals surface area contributed by atoms with E-state index in [2.05, 4.69) is 0 Å². The van der Waals surface area contributed by atoms with Crippen molar-refractivity contribution in [3.05, 3.63) is 23.3 Å². The fourth-order valence-electron chi connectivity index (χ4n) is 1.65. The zero-order valence-corrected chi connectivity index (χ0v) is 10.2. The van der Waals surface area contributed by atoms with Gasteiger partial charge in [-0.1, -0.05) is 0 Å². The third kappa shape index (κ3) is 2.87. The topological polar surface area (TPSA) is 64.7 Å². The van der Waals surface area contributed by atoms with Crippen molar-refractivity contribution in [1.82, 2.24) is 0 Å². The molecule has 0 aliphatic heterocycles. The Morgan fingerprint density at radius 2 is 1.76 bits per heavy atom. The van der Waals surface area contributed by atoms with E-state index in [-0.39, 0.29) is 6.54 Å². The van der Waals surface area contributed by atoms with Crippen LogP contribution in [0.1, 0.15) is 30.3 Å². The predicted octanol–water partition coefficient (Wildman–Crippen LogP) is 1.73. The molecule has 0 bridgehead atoms. The monoisotopic (exact) mass is 243 g/mol. The van der Waals surface area contributed by atoms with Crippen molar-refractivity contribution in [2.75, 3.05) is 20.8 Å². The average molecular weight is 243 g/mol. The fraction of sp³-hybridized carbons (Fsp3) is 0.500. The second kappa shape index (κ2) is 5.84. The Labute approximate surface area is 100 Å². The Hall–Kier alpha value is -1.33. The Balaban J connectivity index is 3.33. The van der Waals surface area contributed by atoms with Crippen LogP contribution in [0.15, 0.2) is 12.1 Å². The lowest BCUT2D eigenvalue weighted by Crippen LogP contribution is -2.13. The normalized spacial score (nSPS) is 14.2. The first-order valence-corrected chi connectivity index (χ1v) is 5.33. The summed E-state index contributed by atoms with van der Waals surface area (Å²) in [6.45, 7) is 1.45. The van der Waals surface area contributed by atoms with E-state index < -0.39 is 12.3 Å². The molecule has 1 rings (SSSR count). The zero-order valence-electron chi connectivity index (χ0n) is 10.2. The molecule has 1 aromatic rings. The Kier molecular flexibility index (Phi) is 4.72. The number of rotatable bonds is 5. The van der Waals surface area contributed by atoms with Gasteiger partial charge in [-0.3, -0.25) is 0 Å². The van der Waals surface area contributed by atoms with Crippen LogP contribution in [0.2, 0.25) is 0 Å². The van der Waals surface area contributed by atoms with Gasteiger partial charge in [-0.2, -0.15) is 0 Å². The minimum Gasteiger partial charge on any atom is -0.496 e. The summed E-state index contributed by atoms with van der Waals surface area (Å²) in [6, 6.07) is 3.08. The van der Waals surface area contributed by atoms with Gasteiger partial charge in [0.2, 0.25) is 0 Å². The summed E-state index contributed by atoms with van der Waals surface area (Å²) in [6.07, 6.45) is -2.08. The largest absolute Gasteiger partial charge is 0.496 e. The maximum absolute atomic E-state index is 13.4.